The molecule has 0 amide bonds. The Morgan fingerprint density at radius 2 is 0.962 bits per heavy atom. The molecule has 312 valence electrons. The fourth-order valence-corrected chi connectivity index (χ4v) is 7.19. The van der Waals surface area contributed by atoms with E-state index in [-0.39, 0.29) is 12.8 Å². The Morgan fingerprint density at radius 3 is 1.47 bits per heavy atom. The van der Waals surface area contributed by atoms with Crippen molar-refractivity contribution < 1.29 is 63.1 Å². The number of aliphatic hydroxyl groups excluding tert-OH is 5. The molecule has 1 fully saturated rings. The lowest BCUT2D eigenvalue weighted by atomic mass is 9.85. The lowest BCUT2D eigenvalue weighted by molar-refractivity contribution is -0.220. The summed E-state index contributed by atoms with van der Waals surface area (Å²) in [5, 5.41) is 49.9. The predicted octanol–water partition coefficient (Wildman–Crippen LogP) is 6.72. The summed E-state index contributed by atoms with van der Waals surface area (Å²) in [5.41, 5.74) is 0. The molecule has 13 nitrogen and oxygen atoms in total. The van der Waals surface area contributed by atoms with Gasteiger partial charge in [-0.1, -0.05) is 129 Å². The molecule has 0 bridgehead atoms. The highest BCUT2D eigenvalue weighted by molar-refractivity contribution is 7.47. The Labute approximate surface area is 318 Å². The molecule has 0 aromatic heterocycles. The van der Waals surface area contributed by atoms with Crippen molar-refractivity contribution in [3.63, 3.8) is 0 Å². The van der Waals surface area contributed by atoms with Crippen molar-refractivity contribution in [2.75, 3.05) is 13.2 Å². The number of phosphoric ester groups is 1. The van der Waals surface area contributed by atoms with Gasteiger partial charge in [-0.2, -0.15) is 0 Å². The molecular formula is C39H73O13P. The second kappa shape index (κ2) is 30.8. The summed E-state index contributed by atoms with van der Waals surface area (Å²) in [4.78, 5) is 35.5. The molecule has 1 rings (SSSR count). The third kappa shape index (κ3) is 24.0. The fourth-order valence-electron chi connectivity index (χ4n) is 6.22. The van der Waals surface area contributed by atoms with Gasteiger partial charge in [0.2, 0.25) is 0 Å². The zero-order chi connectivity index (χ0) is 39.3. The summed E-state index contributed by atoms with van der Waals surface area (Å²) in [6.07, 6.45) is 15.7. The number of unbranched alkanes of at least 4 members (excludes halogenated alkanes) is 19. The van der Waals surface area contributed by atoms with Crippen LogP contribution in [0.5, 0.6) is 0 Å². The van der Waals surface area contributed by atoms with Gasteiger partial charge in [-0.25, -0.2) is 4.57 Å². The van der Waals surface area contributed by atoms with E-state index in [1.54, 1.807) is 0 Å². The highest BCUT2D eigenvalue weighted by Crippen LogP contribution is 2.47. The van der Waals surface area contributed by atoms with E-state index in [0.29, 0.717) is 12.8 Å². The molecule has 0 heterocycles. The summed E-state index contributed by atoms with van der Waals surface area (Å²) in [5.74, 6) is -1.11. The Bertz CT molecular complexity index is 996. The van der Waals surface area contributed by atoms with Crippen LogP contribution in [0.4, 0.5) is 0 Å². The van der Waals surface area contributed by atoms with E-state index in [4.69, 9.17) is 18.5 Å². The van der Waals surface area contributed by atoms with E-state index in [9.17, 15) is 44.6 Å². The van der Waals surface area contributed by atoms with Crippen LogP contribution in [0.15, 0.2) is 12.2 Å². The minimum atomic E-state index is -5.11. The maximum Gasteiger partial charge on any atom is 0.472 e. The SMILES string of the molecule is CCCCC/C=C\CCCCCCCC(=O)OC[C@H](COP(=O)(O)OC1C(O)C(O)C(O)[C@@H](O)C1O)OC(=O)CCCCCCCCCCCCCC. The van der Waals surface area contributed by atoms with Gasteiger partial charge in [0, 0.05) is 12.8 Å². The number of carbonyl (C=O) groups is 2. The molecule has 1 aliphatic rings. The van der Waals surface area contributed by atoms with Gasteiger partial charge < -0.3 is 39.9 Å². The van der Waals surface area contributed by atoms with Crippen LogP contribution in [-0.4, -0.2) is 98.3 Å². The molecular weight excluding hydrogens is 707 g/mol. The second-order valence-corrected chi connectivity index (χ2v) is 15.9. The maximum absolute atomic E-state index is 12.7. The molecule has 0 aromatic rings. The van der Waals surface area contributed by atoms with Crippen molar-refractivity contribution in [2.45, 2.75) is 211 Å². The van der Waals surface area contributed by atoms with Crippen LogP contribution >= 0.6 is 7.82 Å². The number of ether oxygens (including phenoxy) is 2. The number of allylic oxidation sites excluding steroid dienone is 2. The van der Waals surface area contributed by atoms with E-state index in [1.807, 2.05) is 0 Å². The number of rotatable bonds is 33. The molecule has 0 radical (unpaired) electrons. The predicted molar refractivity (Wildman–Crippen MR) is 203 cm³/mol. The molecule has 14 heteroatoms. The summed E-state index contributed by atoms with van der Waals surface area (Å²) < 4.78 is 33.3. The highest BCUT2D eigenvalue weighted by atomic mass is 31.2. The average Bonchev–Trinajstić information content (AvgIpc) is 3.13. The Morgan fingerprint density at radius 1 is 0.566 bits per heavy atom. The molecule has 0 saturated heterocycles. The van der Waals surface area contributed by atoms with Crippen molar-refractivity contribution in [3.8, 4) is 0 Å². The normalized spacial score (nSPS) is 23.5. The third-order valence-electron chi connectivity index (χ3n) is 9.61. The van der Waals surface area contributed by atoms with E-state index in [0.717, 1.165) is 64.2 Å². The van der Waals surface area contributed by atoms with Crippen LogP contribution in [-0.2, 0) is 32.7 Å². The molecule has 6 unspecified atom stereocenters. The molecule has 1 saturated carbocycles. The molecule has 1 aliphatic carbocycles. The number of phosphoric acid groups is 1. The Hall–Kier alpha value is -1.41. The van der Waals surface area contributed by atoms with Crippen LogP contribution < -0.4 is 0 Å². The molecule has 8 atom stereocenters. The largest absolute Gasteiger partial charge is 0.472 e. The molecule has 6 N–H and O–H groups in total. The summed E-state index contributed by atoms with van der Waals surface area (Å²) >= 11 is 0. The first-order valence-corrected chi connectivity index (χ1v) is 22.0. The fraction of sp³-hybridized carbons (Fsp3) is 0.897. The zero-order valence-electron chi connectivity index (χ0n) is 32.6. The Kier molecular flexibility index (Phi) is 28.8. The van der Waals surface area contributed by atoms with Crippen LogP contribution in [0.3, 0.4) is 0 Å². The van der Waals surface area contributed by atoms with Gasteiger partial charge >= 0.3 is 19.8 Å². The second-order valence-electron chi connectivity index (χ2n) is 14.5. The van der Waals surface area contributed by atoms with Gasteiger partial charge in [0.05, 0.1) is 6.61 Å². The number of hydrogen-bond donors (Lipinski definition) is 6. The van der Waals surface area contributed by atoms with Gasteiger partial charge in [0.15, 0.2) is 6.10 Å². The topological polar surface area (TPSA) is 210 Å². The summed E-state index contributed by atoms with van der Waals surface area (Å²) in [6.45, 7) is 3.24. The average molecular weight is 781 g/mol. The molecule has 0 aromatic carbocycles. The third-order valence-corrected chi connectivity index (χ3v) is 10.6. The van der Waals surface area contributed by atoms with Crippen LogP contribution in [0.25, 0.3) is 0 Å². The van der Waals surface area contributed by atoms with Crippen molar-refractivity contribution in [1.82, 2.24) is 0 Å². The Balaban J connectivity index is 2.53. The first-order chi connectivity index (χ1) is 25.4. The van der Waals surface area contributed by atoms with Gasteiger partial charge in [0.1, 0.15) is 43.2 Å². The molecule has 53 heavy (non-hydrogen) atoms. The van der Waals surface area contributed by atoms with E-state index >= 15 is 0 Å². The number of esters is 2. The standard InChI is InChI=1S/C39H73O13P/c1-3-5-7-9-11-13-15-17-19-21-23-25-27-32(40)49-29-31(51-33(41)28-26-24-22-20-18-16-14-12-10-8-6-4-2)30-50-53(47,48)52-39-37(45)35(43)34(42)36(44)38(39)46/h11,13,31,34-39,42-46H,3-10,12,14-30H2,1-2H3,(H,47,48)/b13-11-/t31-,34?,35-,36?,37?,38?,39?/m1/s1. The van der Waals surface area contributed by atoms with Gasteiger partial charge in [-0.3, -0.25) is 18.6 Å². The first-order valence-electron chi connectivity index (χ1n) is 20.5. The molecule has 0 aliphatic heterocycles. The zero-order valence-corrected chi connectivity index (χ0v) is 33.5. The van der Waals surface area contributed by atoms with Crippen molar-refractivity contribution in [2.24, 2.45) is 0 Å². The minimum absolute atomic E-state index is 0.0996. The van der Waals surface area contributed by atoms with Crippen LogP contribution in [0, 0.1) is 0 Å². The van der Waals surface area contributed by atoms with Crippen molar-refractivity contribution in [1.29, 1.82) is 0 Å². The highest BCUT2D eigenvalue weighted by Gasteiger charge is 2.51. The lowest BCUT2D eigenvalue weighted by Gasteiger charge is -2.41. The van der Waals surface area contributed by atoms with E-state index < -0.39 is 75.7 Å². The summed E-state index contributed by atoms with van der Waals surface area (Å²) in [6, 6.07) is 0. The lowest BCUT2D eigenvalue weighted by Crippen LogP contribution is -2.64. The smallest absolute Gasteiger partial charge is 0.462 e. The number of hydrogen-bond acceptors (Lipinski definition) is 12. The van der Waals surface area contributed by atoms with Crippen molar-refractivity contribution in [3.05, 3.63) is 12.2 Å². The van der Waals surface area contributed by atoms with Gasteiger partial charge in [-0.15, -0.1) is 0 Å². The van der Waals surface area contributed by atoms with Gasteiger partial charge in [0.25, 0.3) is 0 Å². The minimum Gasteiger partial charge on any atom is -0.462 e. The quantitative estimate of drug-likeness (QED) is 0.0177. The summed E-state index contributed by atoms with van der Waals surface area (Å²) in [7, 11) is -5.11. The number of carbonyl (C=O) groups excluding carboxylic acids is 2. The van der Waals surface area contributed by atoms with E-state index in [1.165, 1.54) is 64.2 Å². The van der Waals surface area contributed by atoms with Crippen LogP contribution in [0.1, 0.15) is 168 Å². The monoisotopic (exact) mass is 780 g/mol. The van der Waals surface area contributed by atoms with Crippen LogP contribution in [0.2, 0.25) is 0 Å². The first kappa shape index (κ1) is 49.6. The van der Waals surface area contributed by atoms with E-state index in [2.05, 4.69) is 26.0 Å². The van der Waals surface area contributed by atoms with Gasteiger partial charge in [-0.05, 0) is 38.5 Å². The number of aliphatic hydroxyl groups is 5. The molecule has 0 spiro atoms. The maximum atomic E-state index is 12.7. The van der Waals surface area contributed by atoms with Crippen molar-refractivity contribution >= 4 is 19.8 Å².